The fourth-order valence-corrected chi connectivity index (χ4v) is 1.35. The van der Waals surface area contributed by atoms with Crippen LogP contribution < -0.4 is 0 Å². The SMILES string of the molecule is Cn1ccnc1C[N-]Cc1nccn1C.O=[N+]([O-])[OH2+].O=[N+]([O-])[OH2+].[Cu+2]. The van der Waals surface area contributed by atoms with Crippen LogP contribution in [-0.2, 0) is 44.3 Å². The monoisotopic (exact) mass is 395 g/mol. The minimum atomic E-state index is -1.25. The third-order valence-electron chi connectivity index (χ3n) is 2.35. The predicted octanol–water partition coefficient (Wildman–Crippen LogP) is -0.970. The second-order valence-electron chi connectivity index (χ2n) is 3.96. The van der Waals surface area contributed by atoms with E-state index >= 15 is 0 Å². The van der Waals surface area contributed by atoms with Crippen molar-refractivity contribution in [2.45, 2.75) is 13.1 Å². The van der Waals surface area contributed by atoms with Crippen LogP contribution in [0, 0.1) is 20.2 Å². The topological polar surface area (TPSA) is 182 Å². The first-order valence-electron chi connectivity index (χ1n) is 6.01. The third-order valence-corrected chi connectivity index (χ3v) is 2.35. The van der Waals surface area contributed by atoms with Gasteiger partial charge in [-0.2, -0.15) is 0 Å². The average Bonchev–Trinajstić information content (AvgIpc) is 2.98. The van der Waals surface area contributed by atoms with Crippen molar-refractivity contribution in [1.29, 1.82) is 0 Å². The van der Waals surface area contributed by atoms with E-state index in [4.69, 9.17) is 30.6 Å². The van der Waals surface area contributed by atoms with Gasteiger partial charge in [0.2, 0.25) is 0 Å². The van der Waals surface area contributed by atoms with Crippen molar-refractivity contribution in [1.82, 2.24) is 19.1 Å². The van der Waals surface area contributed by atoms with E-state index in [1.54, 1.807) is 12.4 Å². The fourth-order valence-electron chi connectivity index (χ4n) is 1.35. The van der Waals surface area contributed by atoms with E-state index in [2.05, 4.69) is 15.3 Å². The van der Waals surface area contributed by atoms with Crippen molar-refractivity contribution in [3.8, 4) is 0 Å². The zero-order valence-corrected chi connectivity index (χ0v) is 13.7. The van der Waals surface area contributed by atoms with Crippen molar-refractivity contribution >= 4 is 0 Å². The van der Waals surface area contributed by atoms with Crippen molar-refractivity contribution in [3.05, 3.63) is 62.0 Å². The van der Waals surface area contributed by atoms with Gasteiger partial charge in [0, 0.05) is 38.9 Å². The molecule has 0 aliphatic carbocycles. The molecule has 2 heterocycles. The Morgan fingerprint density at radius 3 is 1.50 bits per heavy atom. The van der Waals surface area contributed by atoms with E-state index in [-0.39, 0.29) is 17.1 Å². The first-order chi connectivity index (χ1) is 10.7. The van der Waals surface area contributed by atoms with E-state index in [1.807, 2.05) is 35.6 Å². The number of hydrogen-bond donors (Lipinski definition) is 0. The van der Waals surface area contributed by atoms with Gasteiger partial charge in [-0.25, -0.2) is 9.97 Å². The van der Waals surface area contributed by atoms with Crippen LogP contribution in [0.15, 0.2) is 24.8 Å². The Labute approximate surface area is 146 Å². The summed E-state index contributed by atoms with van der Waals surface area (Å²) in [6.07, 6.45) is 7.41. The van der Waals surface area contributed by atoms with Gasteiger partial charge in [-0.05, 0) is 0 Å². The molecule has 24 heavy (non-hydrogen) atoms. The zero-order chi connectivity index (χ0) is 17.8. The molecular formula is C10H18CuN7O6+3. The summed E-state index contributed by atoms with van der Waals surface area (Å²) in [4.78, 5) is 25.3. The van der Waals surface area contributed by atoms with Gasteiger partial charge in [0.1, 0.15) is 20.2 Å². The third kappa shape index (κ3) is 11.9. The quantitative estimate of drug-likeness (QED) is 0.277. The number of imidazole rings is 2. The van der Waals surface area contributed by atoms with Gasteiger partial charge in [-0.3, -0.25) is 0 Å². The van der Waals surface area contributed by atoms with Crippen LogP contribution in [0.25, 0.3) is 5.32 Å². The van der Waals surface area contributed by atoms with Gasteiger partial charge in [0.25, 0.3) is 0 Å². The molecule has 0 aliphatic heterocycles. The first kappa shape index (κ1) is 23.6. The summed E-state index contributed by atoms with van der Waals surface area (Å²) in [6.45, 7) is 1.27. The summed E-state index contributed by atoms with van der Waals surface area (Å²) < 4.78 is 3.95. The van der Waals surface area contributed by atoms with Crippen molar-refractivity contribution in [2.24, 2.45) is 14.1 Å². The molecule has 0 fully saturated rings. The predicted molar refractivity (Wildman–Crippen MR) is 78.4 cm³/mol. The first-order valence-corrected chi connectivity index (χ1v) is 6.01. The van der Waals surface area contributed by atoms with Gasteiger partial charge < -0.3 is 24.9 Å². The normalized spacial score (nSPS) is 8.75. The minimum Gasteiger partial charge on any atom is -0.650 e. The Balaban J connectivity index is 0. The standard InChI is InChI=1S/C10H14N5.Cu.2HNO3/c1-14-5-3-12-9(14)7-11-8-10-13-4-6-15(10)2;;2*2-1(3)4/h3-6H,7-8H2,1-2H3;;2*(H,2,3,4)/q-1;+2;;/p+2. The van der Waals surface area contributed by atoms with Gasteiger partial charge in [-0.1, -0.05) is 13.1 Å². The van der Waals surface area contributed by atoms with Crippen LogP contribution in [0.1, 0.15) is 11.6 Å². The molecule has 2 rings (SSSR count). The molecule has 4 N–H and O–H groups in total. The summed E-state index contributed by atoms with van der Waals surface area (Å²) in [5.74, 6) is 1.95. The molecule has 14 heteroatoms. The number of hydrogen-bond acceptors (Lipinski definition) is 6. The van der Waals surface area contributed by atoms with E-state index in [1.165, 1.54) is 0 Å². The van der Waals surface area contributed by atoms with Crippen LogP contribution in [0.4, 0.5) is 0 Å². The molecule has 137 valence electrons. The molecule has 2 aromatic heterocycles. The van der Waals surface area contributed by atoms with Crippen LogP contribution in [-0.4, -0.2) is 39.7 Å². The smallest absolute Gasteiger partial charge is 0.650 e. The number of rotatable bonds is 4. The summed E-state index contributed by atoms with van der Waals surface area (Å²) in [7, 11) is 3.94. The molecule has 0 saturated carbocycles. The second kappa shape index (κ2) is 12.8. The van der Waals surface area contributed by atoms with Crippen molar-refractivity contribution < 1.29 is 37.7 Å². The van der Waals surface area contributed by atoms with Crippen LogP contribution in [0.3, 0.4) is 0 Å². The second-order valence-corrected chi connectivity index (χ2v) is 3.96. The summed E-state index contributed by atoms with van der Waals surface area (Å²) in [5.41, 5.74) is 0. The van der Waals surface area contributed by atoms with E-state index in [0.29, 0.717) is 13.1 Å². The maximum Gasteiger partial charge on any atom is 2.00 e. The van der Waals surface area contributed by atoms with E-state index in [9.17, 15) is 0 Å². The molecule has 0 aliphatic rings. The van der Waals surface area contributed by atoms with E-state index in [0.717, 1.165) is 11.6 Å². The Kier molecular flexibility index (Phi) is 12.6. The molecule has 13 nitrogen and oxygen atoms in total. The maximum atomic E-state index is 8.47. The molecule has 1 radical (unpaired) electrons. The molecule has 0 bridgehead atoms. The summed E-state index contributed by atoms with van der Waals surface area (Å²) in [6, 6.07) is 0. The molecule has 0 amide bonds. The molecule has 0 atom stereocenters. The van der Waals surface area contributed by atoms with Crippen molar-refractivity contribution in [2.75, 3.05) is 0 Å². The van der Waals surface area contributed by atoms with Gasteiger partial charge in [0.15, 0.2) is 0 Å². The number of aryl methyl sites for hydroxylation is 2. The Hall–Kier alpha value is -2.70. The summed E-state index contributed by atoms with van der Waals surface area (Å²) >= 11 is 0. The Bertz CT molecular complexity index is 556. The van der Waals surface area contributed by atoms with Gasteiger partial charge in [0.05, 0.1) is 11.6 Å². The van der Waals surface area contributed by atoms with Crippen LogP contribution in [0.5, 0.6) is 0 Å². The van der Waals surface area contributed by atoms with E-state index < -0.39 is 10.2 Å². The zero-order valence-electron chi connectivity index (χ0n) is 12.8. The maximum absolute atomic E-state index is 8.47. The molecule has 0 unspecified atom stereocenters. The van der Waals surface area contributed by atoms with Crippen LogP contribution >= 0.6 is 0 Å². The average molecular weight is 396 g/mol. The fraction of sp³-hybridized carbons (Fsp3) is 0.400. The largest absolute Gasteiger partial charge is 2.00 e. The molecule has 0 aromatic carbocycles. The van der Waals surface area contributed by atoms with Gasteiger partial charge >= 0.3 is 27.2 Å². The minimum absolute atomic E-state index is 0. The number of nitrogens with zero attached hydrogens (tertiary/aromatic N) is 7. The Morgan fingerprint density at radius 1 is 1.00 bits per heavy atom. The van der Waals surface area contributed by atoms with Crippen LogP contribution in [0.2, 0.25) is 0 Å². The summed E-state index contributed by atoms with van der Waals surface area (Å²) in [5, 5.41) is 29.5. The number of aromatic nitrogens is 4. The van der Waals surface area contributed by atoms with Crippen molar-refractivity contribution in [3.63, 3.8) is 0 Å². The molecule has 0 spiro atoms. The molecular weight excluding hydrogens is 378 g/mol. The molecule has 0 saturated heterocycles. The Morgan fingerprint density at radius 2 is 1.29 bits per heavy atom. The molecule has 2 aromatic rings. The van der Waals surface area contributed by atoms with Gasteiger partial charge in [-0.15, -0.1) is 0 Å².